The highest BCUT2D eigenvalue weighted by molar-refractivity contribution is 7.92. The number of rotatable bonds is 12. The first kappa shape index (κ1) is 86.4. The van der Waals surface area contributed by atoms with Crippen LogP contribution in [0.3, 0.4) is 0 Å². The number of hydrogen-bond acceptors (Lipinski definition) is 17. The molecule has 2 unspecified atom stereocenters. The van der Waals surface area contributed by atoms with Crippen LogP contribution in [-0.4, -0.2) is 82.6 Å². The largest absolute Gasteiger partial charge is 0.466 e. The molecule has 0 aliphatic rings. The molecule has 0 aliphatic carbocycles. The Morgan fingerprint density at radius 1 is 0.528 bits per heavy atom. The average molecular weight is 1500 g/mol. The van der Waals surface area contributed by atoms with Crippen LogP contribution in [0, 0.1) is 0 Å². The number of benzene rings is 7. The van der Waals surface area contributed by atoms with Gasteiger partial charge in [0, 0.05) is 157 Å². The first-order valence-corrected chi connectivity index (χ1v) is 33.9. The maximum Gasteiger partial charge on any atom is 0.354 e. The number of aliphatic hydroxyl groups is 1. The highest BCUT2D eigenvalue weighted by atomic mass is 35.5. The van der Waals surface area contributed by atoms with E-state index in [2.05, 4.69) is 48.5 Å². The van der Waals surface area contributed by atoms with Gasteiger partial charge in [-0.1, -0.05) is 115 Å². The molecule has 0 saturated carbocycles. The standard InChI is InChI=1S/C13H15NO4.C12H11NO3.2C11H10N4O.C11H12N2O.C11H11NO2.C7H9N.CH4.ClH.H4P2/c1-14(10-7-5-4-6-8-10)11(13(16)18-3)9-12(15)17-2;1-13-9-6-4-3-5-8(9)11(14)7-10(13)12(15)16-2;2*1-15-8(7-13-14-12)6-11(16)9-4-2-3-5-10(9)15;1-13-8(7-12)6-11(14)9-4-2-3-5-10(9)13;1-12-8(7-13)6-11(14)9-4-2-3-5-10(9)12;1-8-7-5-3-2-4-6-7;;;1-2/h4-9H,1-3H3;3-7H,1-2H3;2*2-6H,7H2,1H3;2-6H,7,12H2,1H3;2-6,13H,7H2,1H3;2-6,8H,1H3;1H4;1H;1-2H2/b11-9+;;;;;;;;;/i;;;;;;;;;1T. The third-order valence-corrected chi connectivity index (χ3v) is 16.0. The monoisotopic (exact) mass is 1500 g/mol. The third-order valence-electron chi connectivity index (χ3n) is 16.0. The zero-order valence-electron chi connectivity index (χ0n) is 60.5. The summed E-state index contributed by atoms with van der Waals surface area (Å²) in [6, 6.07) is 63.4. The van der Waals surface area contributed by atoms with Gasteiger partial charge in [0.2, 0.25) is 0 Å². The van der Waals surface area contributed by atoms with E-state index in [4.69, 9.17) is 23.2 Å². The summed E-state index contributed by atoms with van der Waals surface area (Å²) >= 11 is 0. The number of para-hydroxylation sites is 7. The number of nitrogens with zero attached hydrogens (tertiary/aromatic N) is 12. The van der Waals surface area contributed by atoms with Crippen molar-refractivity contribution in [2.75, 3.05) is 45.6 Å². The molecule has 12 rings (SSSR count). The second-order valence-electron chi connectivity index (χ2n) is 22.0. The maximum atomic E-state index is 11.8. The van der Waals surface area contributed by atoms with Gasteiger partial charge >= 0.3 is 17.9 Å². The summed E-state index contributed by atoms with van der Waals surface area (Å²) in [6.45, 7) is 0.646. The van der Waals surface area contributed by atoms with Crippen LogP contribution >= 0.6 is 30.2 Å². The third kappa shape index (κ3) is 23.8. The molecule has 4 N–H and O–H groups in total. The number of aryl methyl sites for hydroxylation is 5. The molecule has 26 nitrogen and oxygen atoms in total. The molecule has 7 aromatic carbocycles. The van der Waals surface area contributed by atoms with Gasteiger partial charge < -0.3 is 58.1 Å². The Hall–Kier alpha value is -12.0. The van der Waals surface area contributed by atoms with Crippen LogP contribution in [0.1, 0.15) is 40.7 Å². The predicted octanol–water partition coefficient (Wildman–Crippen LogP) is 12.8. The summed E-state index contributed by atoms with van der Waals surface area (Å²) in [4.78, 5) is 99.8. The number of nitrogens with two attached hydrogens (primary N) is 1. The molecule has 0 amide bonds. The number of methoxy groups -OCH3 is 3. The number of likely N-dealkylation sites (N-methyl/N-ethyl adjacent to an activating group) is 1. The summed E-state index contributed by atoms with van der Waals surface area (Å²) in [5, 5.41) is 22.4. The van der Waals surface area contributed by atoms with Crippen molar-refractivity contribution in [3.05, 3.63) is 325 Å². The Balaban J connectivity index is 0.000000323. The lowest BCUT2D eigenvalue weighted by molar-refractivity contribution is -0.138. The lowest BCUT2D eigenvalue weighted by Crippen LogP contribution is -2.25. The van der Waals surface area contributed by atoms with Crippen molar-refractivity contribution in [3.63, 3.8) is 0 Å². The molecule has 0 aliphatic heterocycles. The van der Waals surface area contributed by atoms with E-state index in [1.807, 2.05) is 199 Å². The van der Waals surface area contributed by atoms with Gasteiger partial charge in [0.05, 0.1) is 76.0 Å². The first-order valence-electron chi connectivity index (χ1n) is 32.1. The van der Waals surface area contributed by atoms with E-state index in [0.717, 1.165) is 56.1 Å². The lowest BCUT2D eigenvalue weighted by atomic mass is 10.2. The molecule has 0 fully saturated rings. The predicted molar refractivity (Wildman–Crippen MR) is 433 cm³/mol. The smallest absolute Gasteiger partial charge is 0.354 e. The van der Waals surface area contributed by atoms with E-state index in [9.17, 15) is 38.4 Å². The Morgan fingerprint density at radius 2 is 0.849 bits per heavy atom. The maximum absolute atomic E-state index is 11.8. The quantitative estimate of drug-likeness (QED) is 0.0195. The zero-order valence-corrected chi connectivity index (χ0v) is 62.5. The highest BCUT2D eigenvalue weighted by Crippen LogP contribution is 2.19. The molecule has 29 heteroatoms. The molecule has 2 atom stereocenters. The van der Waals surface area contributed by atoms with E-state index < -0.39 is 17.9 Å². The summed E-state index contributed by atoms with van der Waals surface area (Å²) in [5.41, 5.74) is 31.2. The zero-order chi connectivity index (χ0) is 77.1. The summed E-state index contributed by atoms with van der Waals surface area (Å²) in [6.07, 6.45) is 1.10. The van der Waals surface area contributed by atoms with Gasteiger partial charge in [-0.3, -0.25) is 24.0 Å². The minimum Gasteiger partial charge on any atom is -0.466 e. The number of halogens is 1. The number of aliphatic hydroxyl groups excluding tert-OH is 1. The van der Waals surface area contributed by atoms with Gasteiger partial charge in [0.15, 0.2) is 27.1 Å². The van der Waals surface area contributed by atoms with E-state index in [1.54, 1.807) is 66.0 Å². The number of aromatic nitrogens is 5. The van der Waals surface area contributed by atoms with Crippen molar-refractivity contribution in [2.24, 2.45) is 51.2 Å². The number of pyridine rings is 5. The lowest BCUT2D eigenvalue weighted by Gasteiger charge is -2.20. The second kappa shape index (κ2) is 45.2. The SMILES string of the molecule is C.CNc1ccccc1.COC(=O)/C=C(\C(=O)OC)N(C)c1ccccc1.COC(=O)c1cc(=O)c2ccccc2n1C.Cl.Cn1c(CN)cc(=O)c2ccccc21.Cn1c(CN=[N+]=[N-])cc(=O)c2ccccc21.Cn1c(CN=[N+]=[N-])cc(=O)c2ccccc21.Cn1c(CO)cc(=O)c2ccccc21.[3H]PP. The molecule has 0 radical (unpaired) electrons. The number of carbonyl (C=O) groups excluding carboxylic acids is 3. The van der Waals surface area contributed by atoms with Crippen molar-refractivity contribution >= 4 is 114 Å². The fourth-order valence-corrected chi connectivity index (χ4v) is 10.3. The summed E-state index contributed by atoms with van der Waals surface area (Å²) in [5.74, 6) is -1.73. The van der Waals surface area contributed by atoms with Crippen molar-refractivity contribution in [1.82, 2.24) is 22.8 Å². The van der Waals surface area contributed by atoms with Crippen molar-refractivity contribution in [1.29, 1.82) is 1.28 Å². The Morgan fingerprint density at radius 3 is 1.18 bits per heavy atom. The number of hydrogen-bond donors (Lipinski definition) is 3. The van der Waals surface area contributed by atoms with Crippen LogP contribution < -0.4 is 43.1 Å². The van der Waals surface area contributed by atoms with Crippen LogP contribution in [0.25, 0.3) is 75.4 Å². The molecular formula is C77H87ClN14O12P2. The van der Waals surface area contributed by atoms with Gasteiger partial charge in [-0.2, -0.15) is 0 Å². The van der Waals surface area contributed by atoms with Crippen molar-refractivity contribution in [2.45, 2.75) is 33.7 Å². The van der Waals surface area contributed by atoms with Crippen LogP contribution in [0.5, 0.6) is 0 Å². The molecule has 0 bridgehead atoms. The molecule has 5 heterocycles. The van der Waals surface area contributed by atoms with Crippen LogP contribution in [0.15, 0.2) is 258 Å². The molecular weight excluding hydrogens is 1410 g/mol. The van der Waals surface area contributed by atoms with E-state index in [1.165, 1.54) is 45.6 Å². The Labute approximate surface area is 623 Å². The fourth-order valence-electron chi connectivity index (χ4n) is 10.3. The van der Waals surface area contributed by atoms with Crippen LogP contribution in [-0.2, 0) is 85.3 Å². The number of nitrogens with one attached hydrogen (secondary N) is 1. The van der Waals surface area contributed by atoms with E-state index in [0.29, 0.717) is 45.2 Å². The number of anilines is 2. The molecule has 12 aromatic rings. The molecule has 106 heavy (non-hydrogen) atoms. The summed E-state index contributed by atoms with van der Waals surface area (Å²) < 4.78 is 29.2. The van der Waals surface area contributed by atoms with Gasteiger partial charge in [-0.25, -0.2) is 14.4 Å². The van der Waals surface area contributed by atoms with Crippen molar-refractivity contribution in [3.8, 4) is 0 Å². The Kier molecular flexibility index (Phi) is 36.9. The van der Waals surface area contributed by atoms with E-state index >= 15 is 0 Å². The summed E-state index contributed by atoms with van der Waals surface area (Å²) in [7, 11) is 19.1. The van der Waals surface area contributed by atoms with Crippen molar-refractivity contribution < 1.29 is 33.7 Å². The van der Waals surface area contributed by atoms with E-state index in [-0.39, 0.29) is 86.9 Å². The molecule has 5 aromatic heterocycles. The number of ether oxygens (including phenoxy) is 3. The average Bonchev–Trinajstić information content (AvgIpc) is 0.825. The van der Waals surface area contributed by atoms with Crippen LogP contribution in [0.4, 0.5) is 11.4 Å². The number of esters is 3. The Bertz CT molecular complexity index is 5220. The second-order valence-corrected chi connectivity index (χ2v) is 22.0. The molecule has 554 valence electrons. The van der Waals surface area contributed by atoms with Gasteiger partial charge in [-0.05, 0) is 96.0 Å². The van der Waals surface area contributed by atoms with Gasteiger partial charge in [0.1, 0.15) is 11.4 Å². The molecule has 0 spiro atoms. The number of fused-ring (bicyclic) bond motifs is 5. The molecule has 0 saturated heterocycles. The first-order chi connectivity index (χ1) is 50.5. The highest BCUT2D eigenvalue weighted by Gasteiger charge is 2.19. The minimum absolute atomic E-state index is 0. The fraction of sp³-hybridized carbons (Fsp3) is 0.195. The van der Waals surface area contributed by atoms with Gasteiger partial charge in [0.25, 0.3) is 0 Å². The van der Waals surface area contributed by atoms with Gasteiger partial charge in [-0.15, -0.1) is 30.2 Å². The van der Waals surface area contributed by atoms with Crippen LogP contribution in [0.2, 0.25) is 0 Å². The topological polar surface area (TPSA) is 348 Å². The minimum atomic E-state index is -0.613. The number of azide groups is 2. The normalized spacial score (nSPS) is 10.2. The number of carbonyl (C=O) groups is 3.